The van der Waals surface area contributed by atoms with Gasteiger partial charge in [0.1, 0.15) is 0 Å². The Morgan fingerprint density at radius 1 is 1.50 bits per heavy atom. The Balaban J connectivity index is 2.12. The molecule has 5 nitrogen and oxygen atoms in total. The first-order chi connectivity index (χ1) is 9.63. The molecule has 0 atom stereocenters. The number of benzene rings is 1. The van der Waals surface area contributed by atoms with Gasteiger partial charge in [-0.25, -0.2) is 14.2 Å². The highest BCUT2D eigenvalue weighted by atomic mass is 32.1. The van der Waals surface area contributed by atoms with Gasteiger partial charge in [0.2, 0.25) is 0 Å². The fraction of sp³-hybridized carbons (Fsp3) is 0.231. The highest BCUT2D eigenvalue weighted by Gasteiger charge is 2.11. The first-order valence-electron chi connectivity index (χ1n) is 5.87. The number of ether oxygens (including phenoxy) is 2. The third-order valence-electron chi connectivity index (χ3n) is 2.38. The Hall–Kier alpha value is -2.15. The summed E-state index contributed by atoms with van der Waals surface area (Å²) in [6.07, 6.45) is 0. The lowest BCUT2D eigenvalue weighted by molar-refractivity contribution is 0.0595. The van der Waals surface area contributed by atoms with Crippen LogP contribution in [0.5, 0.6) is 5.75 Å². The van der Waals surface area contributed by atoms with E-state index >= 15 is 0 Å². The van der Waals surface area contributed by atoms with Gasteiger partial charge in [0.25, 0.3) is 0 Å². The minimum atomic E-state index is -0.507. The number of hydrogen-bond acceptors (Lipinski definition) is 6. The van der Waals surface area contributed by atoms with Gasteiger partial charge in [-0.1, -0.05) is 0 Å². The summed E-state index contributed by atoms with van der Waals surface area (Å²) in [5.74, 6) is -0.763. The van der Waals surface area contributed by atoms with Crippen LogP contribution in [-0.4, -0.2) is 24.7 Å². The van der Waals surface area contributed by atoms with Gasteiger partial charge in [0.05, 0.1) is 13.7 Å². The lowest BCUT2D eigenvalue weighted by Crippen LogP contribution is -2.01. The number of aromatic nitrogens is 1. The van der Waals surface area contributed by atoms with Gasteiger partial charge in [0, 0.05) is 17.1 Å². The van der Waals surface area contributed by atoms with Crippen molar-refractivity contribution in [2.45, 2.75) is 6.92 Å². The maximum Gasteiger partial charge on any atom is 0.357 e. The minimum Gasteiger partial charge on any atom is -0.491 e. The molecule has 0 saturated carbocycles. The quantitative estimate of drug-likeness (QED) is 0.858. The molecule has 1 heterocycles. The number of methoxy groups -OCH3 is 1. The van der Waals surface area contributed by atoms with Crippen molar-refractivity contribution in [2.75, 3.05) is 19.0 Å². The smallest absolute Gasteiger partial charge is 0.357 e. The second-order valence-electron chi connectivity index (χ2n) is 3.73. The molecule has 1 aromatic carbocycles. The van der Waals surface area contributed by atoms with Gasteiger partial charge in [-0.3, -0.25) is 0 Å². The number of thiazole rings is 1. The van der Waals surface area contributed by atoms with E-state index in [-0.39, 0.29) is 11.4 Å². The van der Waals surface area contributed by atoms with Gasteiger partial charge >= 0.3 is 5.97 Å². The Morgan fingerprint density at radius 2 is 2.30 bits per heavy atom. The summed E-state index contributed by atoms with van der Waals surface area (Å²) in [6, 6.07) is 4.52. The van der Waals surface area contributed by atoms with Crippen LogP contribution in [-0.2, 0) is 4.74 Å². The third-order valence-corrected chi connectivity index (χ3v) is 3.14. The molecule has 0 aliphatic rings. The first-order valence-corrected chi connectivity index (χ1v) is 6.75. The van der Waals surface area contributed by atoms with Crippen LogP contribution in [0.1, 0.15) is 17.4 Å². The zero-order valence-electron chi connectivity index (χ0n) is 11.0. The Bertz CT molecular complexity index is 615. The van der Waals surface area contributed by atoms with E-state index in [4.69, 9.17) is 4.74 Å². The summed E-state index contributed by atoms with van der Waals surface area (Å²) in [4.78, 5) is 15.3. The molecule has 0 fully saturated rings. The van der Waals surface area contributed by atoms with Gasteiger partial charge in [-0.05, 0) is 19.1 Å². The lowest BCUT2D eigenvalue weighted by Gasteiger charge is -2.07. The number of anilines is 2. The largest absolute Gasteiger partial charge is 0.491 e. The van der Waals surface area contributed by atoms with Crippen LogP contribution in [0.3, 0.4) is 0 Å². The van der Waals surface area contributed by atoms with E-state index in [9.17, 15) is 9.18 Å². The monoisotopic (exact) mass is 296 g/mol. The van der Waals surface area contributed by atoms with Crippen molar-refractivity contribution in [2.24, 2.45) is 0 Å². The lowest BCUT2D eigenvalue weighted by atomic mass is 10.3. The molecular formula is C13H13FN2O3S. The van der Waals surface area contributed by atoms with Crippen LogP contribution in [0, 0.1) is 5.82 Å². The summed E-state index contributed by atoms with van der Waals surface area (Å²) in [7, 11) is 1.29. The van der Waals surface area contributed by atoms with E-state index in [2.05, 4.69) is 15.0 Å². The van der Waals surface area contributed by atoms with Crippen molar-refractivity contribution >= 4 is 28.1 Å². The molecular weight excluding hydrogens is 283 g/mol. The third kappa shape index (κ3) is 3.24. The van der Waals surface area contributed by atoms with Crippen molar-refractivity contribution in [3.05, 3.63) is 35.1 Å². The molecule has 0 radical (unpaired) electrons. The number of carbonyl (C=O) groups is 1. The van der Waals surface area contributed by atoms with Crippen LogP contribution in [0.15, 0.2) is 23.6 Å². The zero-order valence-corrected chi connectivity index (χ0v) is 11.8. The second kappa shape index (κ2) is 6.33. The molecule has 0 unspecified atom stereocenters. The summed E-state index contributed by atoms with van der Waals surface area (Å²) in [5.41, 5.74) is 0.739. The SMILES string of the molecule is CCOc1ccc(Nc2nc(C(=O)OC)cs2)cc1F. The predicted molar refractivity (Wildman–Crippen MR) is 74.3 cm³/mol. The van der Waals surface area contributed by atoms with Crippen molar-refractivity contribution in [3.63, 3.8) is 0 Å². The molecule has 0 bridgehead atoms. The molecule has 0 aliphatic heterocycles. The number of nitrogens with one attached hydrogen (secondary N) is 1. The van der Waals surface area contributed by atoms with E-state index in [0.29, 0.717) is 17.4 Å². The molecule has 0 amide bonds. The standard InChI is InChI=1S/C13H13FN2O3S/c1-3-19-11-5-4-8(6-9(11)14)15-13-16-10(7-20-13)12(17)18-2/h4-7H,3H2,1-2H3,(H,15,16). The Kier molecular flexibility index (Phi) is 4.52. The number of rotatable bonds is 5. The first kappa shape index (κ1) is 14.3. The number of esters is 1. The number of nitrogens with zero attached hydrogens (tertiary/aromatic N) is 1. The van der Waals surface area contributed by atoms with Crippen molar-refractivity contribution < 1.29 is 18.7 Å². The number of hydrogen-bond donors (Lipinski definition) is 1. The topological polar surface area (TPSA) is 60.5 Å². The van der Waals surface area contributed by atoms with Crippen LogP contribution in [0.4, 0.5) is 15.2 Å². The highest BCUT2D eigenvalue weighted by molar-refractivity contribution is 7.14. The second-order valence-corrected chi connectivity index (χ2v) is 4.59. The van der Waals surface area contributed by atoms with E-state index in [0.717, 1.165) is 0 Å². The van der Waals surface area contributed by atoms with Gasteiger partial charge < -0.3 is 14.8 Å². The normalized spacial score (nSPS) is 10.2. The van der Waals surface area contributed by atoms with Crippen molar-refractivity contribution in [3.8, 4) is 5.75 Å². The van der Waals surface area contributed by atoms with Crippen LogP contribution in [0.25, 0.3) is 0 Å². The van der Waals surface area contributed by atoms with Gasteiger partial charge in [-0.15, -0.1) is 11.3 Å². The average Bonchev–Trinajstić information content (AvgIpc) is 2.89. The van der Waals surface area contributed by atoms with E-state index < -0.39 is 11.8 Å². The molecule has 2 rings (SSSR count). The van der Waals surface area contributed by atoms with Gasteiger partial charge in [-0.2, -0.15) is 0 Å². The summed E-state index contributed by atoms with van der Waals surface area (Å²) in [5, 5.41) is 4.97. The zero-order chi connectivity index (χ0) is 14.5. The highest BCUT2D eigenvalue weighted by Crippen LogP contribution is 2.25. The molecule has 0 saturated heterocycles. The summed E-state index contributed by atoms with van der Waals surface area (Å²) in [6.45, 7) is 2.19. The maximum absolute atomic E-state index is 13.7. The van der Waals surface area contributed by atoms with E-state index in [1.165, 1.54) is 30.6 Å². The molecule has 106 valence electrons. The van der Waals surface area contributed by atoms with E-state index in [1.54, 1.807) is 18.4 Å². The molecule has 7 heteroatoms. The van der Waals surface area contributed by atoms with Crippen molar-refractivity contribution in [1.29, 1.82) is 0 Å². The molecule has 1 aromatic heterocycles. The van der Waals surface area contributed by atoms with Crippen molar-refractivity contribution in [1.82, 2.24) is 4.98 Å². The van der Waals surface area contributed by atoms with Crippen LogP contribution < -0.4 is 10.1 Å². The van der Waals surface area contributed by atoms with E-state index in [1.807, 2.05) is 0 Å². The maximum atomic E-state index is 13.7. The molecule has 0 spiro atoms. The molecule has 1 N–H and O–H groups in total. The Morgan fingerprint density at radius 3 is 2.95 bits per heavy atom. The molecule has 20 heavy (non-hydrogen) atoms. The average molecular weight is 296 g/mol. The summed E-state index contributed by atoms with van der Waals surface area (Å²) < 4.78 is 23.3. The molecule has 2 aromatic rings. The summed E-state index contributed by atoms with van der Waals surface area (Å²) >= 11 is 1.23. The minimum absolute atomic E-state index is 0.201. The van der Waals surface area contributed by atoms with Crippen LogP contribution in [0.2, 0.25) is 0 Å². The predicted octanol–water partition coefficient (Wildman–Crippen LogP) is 3.21. The Labute approximate surface area is 119 Å². The fourth-order valence-corrected chi connectivity index (χ4v) is 2.20. The van der Waals surface area contributed by atoms with Gasteiger partial charge in [0.15, 0.2) is 22.4 Å². The van der Waals surface area contributed by atoms with Crippen LogP contribution >= 0.6 is 11.3 Å². The number of halogens is 1. The fourth-order valence-electron chi connectivity index (χ4n) is 1.50. The number of carbonyl (C=O) groups excluding carboxylic acids is 1. The molecule has 0 aliphatic carbocycles.